The molecule has 2 amide bonds. The number of amides is 2. The summed E-state index contributed by atoms with van der Waals surface area (Å²) in [6, 6.07) is 15.5. The van der Waals surface area contributed by atoms with Crippen LogP contribution in [0.5, 0.6) is 0 Å². The number of carboxylic acids is 1. The number of fused-ring (bicyclic) bond motifs is 3. The Hall–Kier alpha value is -3.00. The van der Waals surface area contributed by atoms with Crippen LogP contribution < -0.4 is 5.32 Å². The molecule has 0 bridgehead atoms. The zero-order valence-electron chi connectivity index (χ0n) is 19.7. The second-order valence-electron chi connectivity index (χ2n) is 9.83. The number of carbonyl (C=O) groups is 3. The summed E-state index contributed by atoms with van der Waals surface area (Å²) in [7, 11) is 0. The number of benzene rings is 2. The van der Waals surface area contributed by atoms with Gasteiger partial charge in [-0.25, -0.2) is 9.59 Å². The lowest BCUT2D eigenvalue weighted by atomic mass is 9.73. The fraction of sp³-hybridized carbons (Fsp3) is 0.444. The van der Waals surface area contributed by atoms with E-state index in [1.54, 1.807) is 0 Å². The lowest BCUT2D eigenvalue weighted by Gasteiger charge is -2.42. The average Bonchev–Trinajstić information content (AvgIpc) is 3.46. The summed E-state index contributed by atoms with van der Waals surface area (Å²) >= 11 is 1.45. The molecule has 2 aromatic carbocycles. The molecule has 1 aliphatic heterocycles. The van der Waals surface area contributed by atoms with E-state index in [1.807, 2.05) is 31.2 Å². The lowest BCUT2D eigenvalue weighted by molar-refractivity contribution is -0.151. The molecule has 2 aromatic rings. The van der Waals surface area contributed by atoms with Gasteiger partial charge in [0.25, 0.3) is 0 Å². The molecule has 3 aliphatic rings. The second-order valence-corrected chi connectivity index (χ2v) is 10.8. The van der Waals surface area contributed by atoms with Gasteiger partial charge in [-0.2, -0.15) is 0 Å². The molecule has 0 spiro atoms. The molecule has 5 rings (SSSR count). The van der Waals surface area contributed by atoms with Gasteiger partial charge in [-0.1, -0.05) is 61.4 Å². The summed E-state index contributed by atoms with van der Waals surface area (Å²) < 4.78 is 5.75. The molecule has 1 heterocycles. The molecule has 0 aromatic heterocycles. The van der Waals surface area contributed by atoms with E-state index in [9.17, 15) is 19.5 Å². The summed E-state index contributed by atoms with van der Waals surface area (Å²) in [6.07, 6.45) is 2.48. The number of nitrogens with zero attached hydrogens (tertiary/aromatic N) is 1. The molecule has 3 atom stereocenters. The van der Waals surface area contributed by atoms with Crippen LogP contribution in [0.4, 0.5) is 4.79 Å². The van der Waals surface area contributed by atoms with Crippen LogP contribution >= 0.6 is 11.8 Å². The molecule has 1 saturated heterocycles. The Labute approximate surface area is 209 Å². The summed E-state index contributed by atoms with van der Waals surface area (Å²) in [5.74, 6) is -0.925. The number of rotatable bonds is 5. The van der Waals surface area contributed by atoms with Crippen LogP contribution in [0.25, 0.3) is 11.1 Å². The predicted molar refractivity (Wildman–Crippen MR) is 134 cm³/mol. The number of aliphatic carboxylic acids is 1. The molecule has 184 valence electrons. The summed E-state index contributed by atoms with van der Waals surface area (Å²) in [6.45, 7) is 2.09. The van der Waals surface area contributed by atoms with Crippen molar-refractivity contribution in [1.82, 2.24) is 10.2 Å². The third-order valence-electron chi connectivity index (χ3n) is 7.69. The Morgan fingerprint density at radius 3 is 2.40 bits per heavy atom. The van der Waals surface area contributed by atoms with Gasteiger partial charge in [0.1, 0.15) is 12.6 Å². The van der Waals surface area contributed by atoms with Gasteiger partial charge in [0.2, 0.25) is 5.91 Å². The highest BCUT2D eigenvalue weighted by Gasteiger charge is 2.47. The maximum absolute atomic E-state index is 13.4. The molecule has 2 fully saturated rings. The van der Waals surface area contributed by atoms with Crippen molar-refractivity contribution >= 4 is 29.7 Å². The van der Waals surface area contributed by atoms with Gasteiger partial charge in [-0.05, 0) is 42.0 Å². The van der Waals surface area contributed by atoms with Crippen molar-refractivity contribution in [3.05, 3.63) is 59.7 Å². The number of alkyl carbamates (subject to hydrolysis) is 1. The smallest absolute Gasteiger partial charge is 0.407 e. The van der Waals surface area contributed by atoms with Crippen molar-refractivity contribution in [2.45, 2.75) is 50.1 Å². The molecule has 2 N–H and O–H groups in total. The topological polar surface area (TPSA) is 95.9 Å². The minimum atomic E-state index is -0.981. The average molecular weight is 495 g/mol. The van der Waals surface area contributed by atoms with Gasteiger partial charge >= 0.3 is 12.1 Å². The third kappa shape index (κ3) is 4.40. The highest BCUT2D eigenvalue weighted by atomic mass is 32.2. The van der Waals surface area contributed by atoms with Gasteiger partial charge < -0.3 is 20.1 Å². The summed E-state index contributed by atoms with van der Waals surface area (Å²) in [4.78, 5) is 39.5. The Morgan fingerprint density at radius 2 is 1.74 bits per heavy atom. The first-order chi connectivity index (χ1) is 16.9. The monoisotopic (exact) mass is 494 g/mol. The van der Waals surface area contributed by atoms with Gasteiger partial charge in [0, 0.05) is 11.7 Å². The van der Waals surface area contributed by atoms with Crippen LogP contribution in [0.1, 0.15) is 49.7 Å². The Balaban J connectivity index is 1.28. The second kappa shape index (κ2) is 9.57. The number of nitrogens with one attached hydrogen (secondary N) is 1. The SMILES string of the molecule is CC1(NC(=O)OCC2c3ccccc3-c3ccccc32)CCCCC1C(=O)N1CSC[C@H]1C(=O)O. The molecular formula is C27H30N2O5S. The molecule has 1 saturated carbocycles. The minimum Gasteiger partial charge on any atom is -0.480 e. The molecule has 0 radical (unpaired) electrons. The first-order valence-corrected chi connectivity index (χ1v) is 13.3. The number of thioether (sulfide) groups is 1. The van der Waals surface area contributed by atoms with Crippen molar-refractivity contribution in [2.24, 2.45) is 5.92 Å². The molecule has 2 unspecified atom stereocenters. The van der Waals surface area contributed by atoms with Crippen LogP contribution in [0.3, 0.4) is 0 Å². The van der Waals surface area contributed by atoms with Crippen molar-refractivity contribution in [3.63, 3.8) is 0 Å². The molecular weight excluding hydrogens is 464 g/mol. The summed E-state index contributed by atoms with van der Waals surface area (Å²) in [5.41, 5.74) is 3.83. The van der Waals surface area contributed by atoms with Crippen molar-refractivity contribution < 1.29 is 24.2 Å². The fourth-order valence-electron chi connectivity index (χ4n) is 5.81. The van der Waals surface area contributed by atoms with Crippen LogP contribution in [0, 0.1) is 5.92 Å². The minimum absolute atomic E-state index is 0.0392. The number of ether oxygens (including phenoxy) is 1. The third-order valence-corrected chi connectivity index (χ3v) is 8.70. The fourth-order valence-corrected chi connectivity index (χ4v) is 6.97. The van der Waals surface area contributed by atoms with Crippen LogP contribution in [-0.4, -0.2) is 57.8 Å². The number of carboxylic acid groups (broad SMARTS) is 1. The largest absolute Gasteiger partial charge is 0.480 e. The van der Waals surface area contributed by atoms with E-state index >= 15 is 0 Å². The predicted octanol–water partition coefficient (Wildman–Crippen LogP) is 4.46. The summed E-state index contributed by atoms with van der Waals surface area (Å²) in [5, 5.41) is 12.5. The Bertz CT molecular complexity index is 1110. The van der Waals surface area contributed by atoms with Crippen LogP contribution in [-0.2, 0) is 14.3 Å². The van der Waals surface area contributed by atoms with Crippen LogP contribution in [0.15, 0.2) is 48.5 Å². The molecule has 35 heavy (non-hydrogen) atoms. The molecule has 2 aliphatic carbocycles. The Morgan fingerprint density at radius 1 is 1.09 bits per heavy atom. The first kappa shape index (κ1) is 23.7. The van der Waals surface area contributed by atoms with E-state index in [2.05, 4.69) is 29.6 Å². The van der Waals surface area contributed by atoms with Crippen molar-refractivity contribution in [3.8, 4) is 11.1 Å². The zero-order chi connectivity index (χ0) is 24.6. The highest BCUT2D eigenvalue weighted by molar-refractivity contribution is 7.99. The standard InChI is InChI=1S/C27H30N2O5S/c1-27(13-7-6-12-22(27)24(30)29-16-35-15-23(29)25(31)32)28-26(33)34-14-21-19-10-4-2-8-17(19)18-9-3-5-11-20(18)21/h2-5,8-11,21-23H,6-7,12-16H2,1H3,(H,28,33)(H,31,32)/t22?,23-,27?/m0/s1. The van der Waals surface area contributed by atoms with Crippen molar-refractivity contribution in [2.75, 3.05) is 18.2 Å². The first-order valence-electron chi connectivity index (χ1n) is 12.1. The molecule has 7 nitrogen and oxygen atoms in total. The Kier molecular flexibility index (Phi) is 6.49. The van der Waals surface area contributed by atoms with E-state index in [-0.39, 0.29) is 18.4 Å². The van der Waals surface area contributed by atoms with Gasteiger partial charge in [-0.15, -0.1) is 11.8 Å². The van der Waals surface area contributed by atoms with E-state index in [1.165, 1.54) is 27.8 Å². The van der Waals surface area contributed by atoms with E-state index in [4.69, 9.17) is 4.74 Å². The van der Waals surface area contributed by atoms with E-state index < -0.39 is 29.6 Å². The maximum Gasteiger partial charge on any atom is 0.407 e. The van der Waals surface area contributed by atoms with Crippen LogP contribution in [0.2, 0.25) is 0 Å². The lowest BCUT2D eigenvalue weighted by Crippen LogP contribution is -2.59. The number of hydrogen-bond acceptors (Lipinski definition) is 5. The van der Waals surface area contributed by atoms with Gasteiger partial charge in [-0.3, -0.25) is 4.79 Å². The number of hydrogen-bond donors (Lipinski definition) is 2. The van der Waals surface area contributed by atoms with Gasteiger partial charge in [0.05, 0.1) is 17.3 Å². The van der Waals surface area contributed by atoms with Crippen molar-refractivity contribution in [1.29, 1.82) is 0 Å². The quantitative estimate of drug-likeness (QED) is 0.637. The normalized spacial score (nSPS) is 25.6. The molecule has 8 heteroatoms. The highest BCUT2D eigenvalue weighted by Crippen LogP contribution is 2.44. The van der Waals surface area contributed by atoms with E-state index in [0.717, 1.165) is 24.0 Å². The number of carbonyl (C=O) groups excluding carboxylic acids is 2. The maximum atomic E-state index is 13.4. The van der Waals surface area contributed by atoms with Gasteiger partial charge in [0.15, 0.2) is 0 Å². The zero-order valence-corrected chi connectivity index (χ0v) is 20.6. The van der Waals surface area contributed by atoms with E-state index in [0.29, 0.717) is 24.5 Å².